The van der Waals surface area contributed by atoms with Crippen molar-refractivity contribution in [3.05, 3.63) is 100 Å². The molecule has 2 atom stereocenters. The average molecular weight is 484 g/mol. The Morgan fingerprint density at radius 1 is 1.03 bits per heavy atom. The maximum Gasteiger partial charge on any atom is 0.328 e. The fourth-order valence-corrected chi connectivity index (χ4v) is 4.27. The van der Waals surface area contributed by atoms with E-state index in [4.69, 9.17) is 16.7 Å². The SMILES string of the molecule is Cl.O=C(O)/C=C/c1ccc(-c2ccc3c(c2)C[C@@H](NC[C@H](O)c2ccc(Cl)cc2)CC3)cc1. The maximum absolute atomic E-state index is 10.7. The Morgan fingerprint density at radius 3 is 2.42 bits per heavy atom. The highest BCUT2D eigenvalue weighted by Gasteiger charge is 2.20. The Labute approximate surface area is 205 Å². The number of aliphatic carboxylic acids is 1. The van der Waals surface area contributed by atoms with Crippen LogP contribution < -0.4 is 5.32 Å². The van der Waals surface area contributed by atoms with Crippen LogP contribution in [-0.4, -0.2) is 28.8 Å². The molecule has 0 heterocycles. The van der Waals surface area contributed by atoms with E-state index in [2.05, 4.69) is 23.5 Å². The normalized spacial score (nSPS) is 16.1. The van der Waals surface area contributed by atoms with Crippen LogP contribution >= 0.6 is 24.0 Å². The summed E-state index contributed by atoms with van der Waals surface area (Å²) in [6.45, 7) is 0.507. The number of aryl methyl sites for hydroxylation is 1. The van der Waals surface area contributed by atoms with Crippen molar-refractivity contribution in [1.29, 1.82) is 0 Å². The van der Waals surface area contributed by atoms with Gasteiger partial charge in [-0.3, -0.25) is 0 Å². The molecule has 0 aromatic heterocycles. The molecule has 172 valence electrons. The predicted molar refractivity (Wildman–Crippen MR) is 136 cm³/mol. The molecule has 0 amide bonds. The Bertz CT molecular complexity index is 1110. The van der Waals surface area contributed by atoms with Gasteiger partial charge in [-0.25, -0.2) is 4.79 Å². The maximum atomic E-state index is 10.7. The Kier molecular flexibility index (Phi) is 8.70. The molecule has 0 saturated carbocycles. The molecule has 0 bridgehead atoms. The number of fused-ring (bicyclic) bond motifs is 1. The van der Waals surface area contributed by atoms with Gasteiger partial charge in [0.25, 0.3) is 0 Å². The van der Waals surface area contributed by atoms with E-state index in [0.717, 1.165) is 47.6 Å². The number of nitrogens with one attached hydrogen (secondary N) is 1. The van der Waals surface area contributed by atoms with Gasteiger partial charge in [0.05, 0.1) is 6.10 Å². The number of aliphatic hydroxyl groups excluding tert-OH is 1. The van der Waals surface area contributed by atoms with Crippen LogP contribution in [0.15, 0.2) is 72.8 Å². The lowest BCUT2D eigenvalue weighted by molar-refractivity contribution is -0.131. The molecule has 4 nitrogen and oxygen atoms in total. The summed E-state index contributed by atoms with van der Waals surface area (Å²) in [5.41, 5.74) is 6.70. The highest BCUT2D eigenvalue weighted by Crippen LogP contribution is 2.28. The first-order valence-corrected chi connectivity index (χ1v) is 11.2. The zero-order valence-electron chi connectivity index (χ0n) is 18.1. The second-order valence-electron chi connectivity index (χ2n) is 8.19. The summed E-state index contributed by atoms with van der Waals surface area (Å²) in [4.78, 5) is 10.7. The molecule has 6 heteroatoms. The topological polar surface area (TPSA) is 69.6 Å². The van der Waals surface area contributed by atoms with E-state index in [9.17, 15) is 9.90 Å². The third-order valence-corrected chi connectivity index (χ3v) is 6.20. The number of carboxylic acid groups (broad SMARTS) is 1. The first kappa shape index (κ1) is 25.0. The fourth-order valence-electron chi connectivity index (χ4n) is 4.15. The monoisotopic (exact) mass is 483 g/mol. The van der Waals surface area contributed by atoms with Crippen LogP contribution in [0.25, 0.3) is 17.2 Å². The third kappa shape index (κ3) is 6.68. The van der Waals surface area contributed by atoms with Gasteiger partial charge in [-0.2, -0.15) is 0 Å². The second kappa shape index (κ2) is 11.5. The van der Waals surface area contributed by atoms with E-state index in [1.165, 1.54) is 11.1 Å². The van der Waals surface area contributed by atoms with E-state index in [-0.39, 0.29) is 12.4 Å². The van der Waals surface area contributed by atoms with E-state index < -0.39 is 12.1 Å². The van der Waals surface area contributed by atoms with E-state index in [1.807, 2.05) is 36.4 Å². The van der Waals surface area contributed by atoms with Crippen molar-refractivity contribution >= 4 is 36.1 Å². The molecule has 0 saturated heterocycles. The Morgan fingerprint density at radius 2 is 1.73 bits per heavy atom. The molecule has 0 fully saturated rings. The van der Waals surface area contributed by atoms with Crippen molar-refractivity contribution in [2.45, 2.75) is 31.4 Å². The standard InChI is InChI=1S/C27H26ClNO3.ClH/c28-24-11-8-21(9-12-24)26(30)17-29-25-13-10-20-6-7-22(15-23(20)16-25)19-4-1-18(2-5-19)3-14-27(31)32;/h1-9,11-12,14-15,25-26,29-30H,10,13,16-17H2,(H,31,32);1H/b14-3+;/t25-,26-;/m0./s1. The quantitative estimate of drug-likeness (QED) is 0.376. The van der Waals surface area contributed by atoms with Gasteiger partial charge in [-0.05, 0) is 70.9 Å². The number of hydrogen-bond acceptors (Lipinski definition) is 3. The first-order valence-electron chi connectivity index (χ1n) is 10.8. The van der Waals surface area contributed by atoms with Crippen LogP contribution in [0.3, 0.4) is 0 Å². The van der Waals surface area contributed by atoms with Crippen molar-refractivity contribution in [3.63, 3.8) is 0 Å². The lowest BCUT2D eigenvalue weighted by Crippen LogP contribution is -2.37. The van der Waals surface area contributed by atoms with Crippen molar-refractivity contribution in [2.75, 3.05) is 6.54 Å². The Balaban J connectivity index is 0.00000306. The van der Waals surface area contributed by atoms with Crippen molar-refractivity contribution in [3.8, 4) is 11.1 Å². The van der Waals surface area contributed by atoms with Crippen LogP contribution in [-0.2, 0) is 17.6 Å². The number of carbonyl (C=O) groups is 1. The second-order valence-corrected chi connectivity index (χ2v) is 8.63. The molecule has 3 aromatic rings. The molecule has 1 aliphatic rings. The Hall–Kier alpha value is -2.63. The van der Waals surface area contributed by atoms with Gasteiger partial charge in [0.1, 0.15) is 0 Å². The lowest BCUT2D eigenvalue weighted by atomic mass is 9.86. The van der Waals surface area contributed by atoms with Crippen molar-refractivity contribution in [1.82, 2.24) is 5.32 Å². The lowest BCUT2D eigenvalue weighted by Gasteiger charge is -2.27. The van der Waals surface area contributed by atoms with Gasteiger partial charge in [-0.15, -0.1) is 12.4 Å². The smallest absolute Gasteiger partial charge is 0.328 e. The predicted octanol–water partition coefficient (Wildman–Crippen LogP) is 5.71. The zero-order chi connectivity index (χ0) is 22.5. The molecular weight excluding hydrogens is 457 g/mol. The molecule has 0 spiro atoms. The van der Waals surface area contributed by atoms with Gasteiger partial charge < -0.3 is 15.5 Å². The van der Waals surface area contributed by atoms with E-state index in [0.29, 0.717) is 17.6 Å². The highest BCUT2D eigenvalue weighted by atomic mass is 35.5. The zero-order valence-corrected chi connectivity index (χ0v) is 19.6. The summed E-state index contributed by atoms with van der Waals surface area (Å²) >= 11 is 5.93. The first-order chi connectivity index (χ1) is 15.5. The summed E-state index contributed by atoms with van der Waals surface area (Å²) in [6, 6.07) is 22.1. The van der Waals surface area contributed by atoms with Crippen LogP contribution in [0.2, 0.25) is 5.02 Å². The molecule has 0 unspecified atom stereocenters. The average Bonchev–Trinajstić information content (AvgIpc) is 2.81. The molecule has 1 aliphatic carbocycles. The highest BCUT2D eigenvalue weighted by molar-refractivity contribution is 6.30. The van der Waals surface area contributed by atoms with Gasteiger partial charge in [0.15, 0.2) is 0 Å². The molecule has 33 heavy (non-hydrogen) atoms. The summed E-state index contributed by atoms with van der Waals surface area (Å²) in [5.74, 6) is -0.951. The minimum Gasteiger partial charge on any atom is -0.478 e. The molecule has 3 aromatic carbocycles. The van der Waals surface area contributed by atoms with Crippen LogP contribution in [0.4, 0.5) is 0 Å². The van der Waals surface area contributed by atoms with Gasteiger partial charge in [0, 0.05) is 23.7 Å². The third-order valence-electron chi connectivity index (χ3n) is 5.95. The number of hydrogen-bond donors (Lipinski definition) is 3. The molecular formula is C27H27Cl2NO3. The van der Waals surface area contributed by atoms with Gasteiger partial charge >= 0.3 is 5.97 Å². The molecule has 0 radical (unpaired) electrons. The van der Waals surface area contributed by atoms with Crippen LogP contribution in [0, 0.1) is 0 Å². The number of aliphatic hydroxyl groups is 1. The minimum absolute atomic E-state index is 0. The van der Waals surface area contributed by atoms with Crippen molar-refractivity contribution in [2.24, 2.45) is 0 Å². The largest absolute Gasteiger partial charge is 0.478 e. The van der Waals surface area contributed by atoms with Crippen LogP contribution in [0.5, 0.6) is 0 Å². The van der Waals surface area contributed by atoms with Gasteiger partial charge in [-0.1, -0.05) is 66.2 Å². The summed E-state index contributed by atoms with van der Waals surface area (Å²) in [6.07, 6.45) is 5.16. The number of carboxylic acids is 1. The minimum atomic E-state index is -0.951. The van der Waals surface area contributed by atoms with E-state index in [1.54, 1.807) is 18.2 Å². The summed E-state index contributed by atoms with van der Waals surface area (Å²) in [7, 11) is 0. The van der Waals surface area contributed by atoms with Gasteiger partial charge in [0.2, 0.25) is 0 Å². The summed E-state index contributed by atoms with van der Waals surface area (Å²) < 4.78 is 0. The van der Waals surface area contributed by atoms with Crippen molar-refractivity contribution < 1.29 is 15.0 Å². The number of halogens is 2. The van der Waals surface area contributed by atoms with E-state index >= 15 is 0 Å². The summed E-state index contributed by atoms with van der Waals surface area (Å²) in [5, 5.41) is 23.4. The van der Waals surface area contributed by atoms with Crippen LogP contribution in [0.1, 0.15) is 34.8 Å². The molecule has 4 rings (SSSR count). The molecule has 3 N–H and O–H groups in total. The number of rotatable bonds is 7. The molecule has 0 aliphatic heterocycles. The number of benzene rings is 3. The fraction of sp³-hybridized carbons (Fsp3) is 0.222.